The van der Waals surface area contributed by atoms with Gasteiger partial charge >= 0.3 is 0 Å². The molecule has 4 nitrogen and oxygen atoms in total. The Labute approximate surface area is 128 Å². The number of rotatable bonds is 5. The molecule has 0 saturated heterocycles. The highest BCUT2D eigenvalue weighted by Crippen LogP contribution is 2.26. The molecule has 0 aliphatic carbocycles. The van der Waals surface area contributed by atoms with Gasteiger partial charge in [0, 0.05) is 37.6 Å². The lowest BCUT2D eigenvalue weighted by Crippen LogP contribution is -2.22. The predicted molar refractivity (Wildman–Crippen MR) is 83.0 cm³/mol. The first-order valence-electron chi connectivity index (χ1n) is 5.44. The highest BCUT2D eigenvalue weighted by Gasteiger charge is 2.19. The summed E-state index contributed by atoms with van der Waals surface area (Å²) in [7, 11) is -3.47. The van der Waals surface area contributed by atoms with Crippen LogP contribution in [0.1, 0.15) is 14.6 Å². The SMILES string of the molecule is Cc1sc(CN)cc1S(=O)(=O)NCc1cc(Br)cs1. The molecular weight excluding hydrogens is 368 g/mol. The van der Waals surface area contributed by atoms with Crippen LogP contribution in [-0.2, 0) is 23.1 Å². The van der Waals surface area contributed by atoms with Gasteiger partial charge in [0.15, 0.2) is 0 Å². The van der Waals surface area contributed by atoms with Crippen LogP contribution >= 0.6 is 38.6 Å². The highest BCUT2D eigenvalue weighted by molar-refractivity contribution is 9.10. The van der Waals surface area contributed by atoms with Crippen molar-refractivity contribution < 1.29 is 8.42 Å². The third kappa shape index (κ3) is 3.65. The topological polar surface area (TPSA) is 72.2 Å². The smallest absolute Gasteiger partial charge is 0.242 e. The summed E-state index contributed by atoms with van der Waals surface area (Å²) in [4.78, 5) is 2.92. The number of thiophene rings is 2. The monoisotopic (exact) mass is 380 g/mol. The molecule has 0 saturated carbocycles. The summed E-state index contributed by atoms with van der Waals surface area (Å²) >= 11 is 6.27. The van der Waals surface area contributed by atoms with E-state index in [4.69, 9.17) is 5.73 Å². The molecule has 3 N–H and O–H groups in total. The van der Waals surface area contributed by atoms with Crippen molar-refractivity contribution in [3.63, 3.8) is 0 Å². The Morgan fingerprint density at radius 2 is 2.11 bits per heavy atom. The molecule has 2 aromatic rings. The van der Waals surface area contributed by atoms with E-state index in [1.165, 1.54) is 22.7 Å². The number of hydrogen-bond donors (Lipinski definition) is 2. The molecule has 0 fully saturated rings. The first kappa shape index (κ1) is 15.1. The zero-order valence-corrected chi connectivity index (χ0v) is 14.2. The van der Waals surface area contributed by atoms with E-state index in [2.05, 4.69) is 20.7 Å². The number of sulfonamides is 1. The Bertz CT molecular complexity index is 676. The highest BCUT2D eigenvalue weighted by atomic mass is 79.9. The molecule has 8 heteroatoms. The normalized spacial score (nSPS) is 11.9. The average Bonchev–Trinajstić information content (AvgIpc) is 2.93. The fraction of sp³-hybridized carbons (Fsp3) is 0.273. The third-order valence-electron chi connectivity index (χ3n) is 2.47. The maximum atomic E-state index is 12.2. The first-order valence-corrected chi connectivity index (χ1v) is 9.41. The van der Waals surface area contributed by atoms with E-state index >= 15 is 0 Å². The minimum absolute atomic E-state index is 0.297. The van der Waals surface area contributed by atoms with Crippen LogP contribution < -0.4 is 10.5 Å². The van der Waals surface area contributed by atoms with E-state index < -0.39 is 10.0 Å². The molecule has 19 heavy (non-hydrogen) atoms. The summed E-state index contributed by atoms with van der Waals surface area (Å²) < 4.78 is 28.0. The lowest BCUT2D eigenvalue weighted by Gasteiger charge is -2.04. The molecule has 0 aromatic carbocycles. The number of halogens is 1. The van der Waals surface area contributed by atoms with Gasteiger partial charge in [0.2, 0.25) is 10.0 Å². The number of nitrogens with two attached hydrogens (primary N) is 1. The second-order valence-electron chi connectivity index (χ2n) is 3.89. The Kier molecular flexibility index (Phi) is 4.80. The van der Waals surface area contributed by atoms with Gasteiger partial charge in [-0.05, 0) is 35.0 Å². The number of hydrogen-bond acceptors (Lipinski definition) is 5. The molecule has 104 valence electrons. The zero-order valence-electron chi connectivity index (χ0n) is 10.1. The third-order valence-corrected chi connectivity index (χ3v) is 6.90. The van der Waals surface area contributed by atoms with Gasteiger partial charge in [-0.3, -0.25) is 0 Å². The summed E-state index contributed by atoms with van der Waals surface area (Å²) in [6.07, 6.45) is 0. The van der Waals surface area contributed by atoms with Crippen molar-refractivity contribution in [1.29, 1.82) is 0 Å². The zero-order chi connectivity index (χ0) is 14.0. The maximum absolute atomic E-state index is 12.2. The van der Waals surface area contributed by atoms with E-state index in [0.29, 0.717) is 18.0 Å². The summed E-state index contributed by atoms with van der Waals surface area (Å²) in [5.74, 6) is 0. The van der Waals surface area contributed by atoms with E-state index in [1.807, 2.05) is 11.4 Å². The molecule has 0 atom stereocenters. The van der Waals surface area contributed by atoms with Gasteiger partial charge in [-0.25, -0.2) is 13.1 Å². The molecule has 0 radical (unpaired) electrons. The molecule has 0 amide bonds. The van der Waals surface area contributed by atoms with Crippen LogP contribution in [0.3, 0.4) is 0 Å². The average molecular weight is 381 g/mol. The lowest BCUT2D eigenvalue weighted by atomic mass is 10.4. The Hall–Kier alpha value is -0.250. The van der Waals surface area contributed by atoms with Crippen molar-refractivity contribution in [2.75, 3.05) is 0 Å². The largest absolute Gasteiger partial charge is 0.326 e. The second-order valence-corrected chi connectivity index (χ2v) is 8.88. The van der Waals surface area contributed by atoms with Crippen molar-refractivity contribution >= 4 is 48.6 Å². The molecule has 0 unspecified atom stereocenters. The summed E-state index contributed by atoms with van der Waals surface area (Å²) in [6, 6.07) is 3.55. The molecule has 2 aromatic heterocycles. The van der Waals surface area contributed by atoms with Crippen molar-refractivity contribution in [2.45, 2.75) is 24.9 Å². The lowest BCUT2D eigenvalue weighted by molar-refractivity contribution is 0.581. The molecule has 0 aliphatic heterocycles. The standard InChI is InChI=1S/C11H13BrN2O2S3/c1-7-11(3-9(4-13)18-7)19(15,16)14-5-10-2-8(12)6-17-10/h2-3,6,14H,4-5,13H2,1H3. The summed E-state index contributed by atoms with van der Waals surface area (Å²) in [6.45, 7) is 2.45. The van der Waals surface area contributed by atoms with Gasteiger partial charge in [0.25, 0.3) is 0 Å². The molecule has 0 spiro atoms. The minimum atomic E-state index is -3.47. The van der Waals surface area contributed by atoms with E-state index in [-0.39, 0.29) is 0 Å². The van der Waals surface area contributed by atoms with Gasteiger partial charge in [0.1, 0.15) is 0 Å². The van der Waals surface area contributed by atoms with Crippen molar-refractivity contribution in [3.8, 4) is 0 Å². The van der Waals surface area contributed by atoms with Crippen molar-refractivity contribution in [3.05, 3.63) is 36.6 Å². The van der Waals surface area contributed by atoms with Crippen LogP contribution in [0.25, 0.3) is 0 Å². The van der Waals surface area contributed by atoms with E-state index in [0.717, 1.165) is 19.1 Å². The number of aryl methyl sites for hydroxylation is 1. The molecule has 2 rings (SSSR count). The molecule has 0 aliphatic rings. The van der Waals surface area contributed by atoms with Crippen molar-refractivity contribution in [2.24, 2.45) is 5.73 Å². The van der Waals surface area contributed by atoms with Gasteiger partial charge in [0.05, 0.1) is 4.90 Å². The minimum Gasteiger partial charge on any atom is -0.326 e. The molecule has 0 bridgehead atoms. The Morgan fingerprint density at radius 1 is 1.37 bits per heavy atom. The van der Waals surface area contributed by atoms with Gasteiger partial charge in [-0.15, -0.1) is 22.7 Å². The van der Waals surface area contributed by atoms with Crippen LogP contribution in [0.2, 0.25) is 0 Å². The van der Waals surface area contributed by atoms with Crippen LogP contribution in [0.15, 0.2) is 26.9 Å². The predicted octanol–water partition coefficient (Wildman–Crippen LogP) is 2.82. The van der Waals surface area contributed by atoms with E-state index in [1.54, 1.807) is 13.0 Å². The Morgan fingerprint density at radius 3 is 2.63 bits per heavy atom. The van der Waals surface area contributed by atoms with Crippen LogP contribution in [0, 0.1) is 6.92 Å². The van der Waals surface area contributed by atoms with Gasteiger partial charge < -0.3 is 5.73 Å². The quantitative estimate of drug-likeness (QED) is 0.837. The molecular formula is C11H13BrN2O2S3. The maximum Gasteiger partial charge on any atom is 0.242 e. The van der Waals surface area contributed by atoms with E-state index in [9.17, 15) is 8.42 Å². The van der Waals surface area contributed by atoms with Crippen LogP contribution in [0.5, 0.6) is 0 Å². The fourth-order valence-electron chi connectivity index (χ4n) is 1.58. The van der Waals surface area contributed by atoms with Gasteiger partial charge in [-0.2, -0.15) is 0 Å². The molecule has 2 heterocycles. The van der Waals surface area contributed by atoms with Crippen molar-refractivity contribution in [1.82, 2.24) is 4.72 Å². The fourth-order valence-corrected chi connectivity index (χ4v) is 5.58. The Balaban J connectivity index is 2.15. The number of nitrogens with one attached hydrogen (secondary N) is 1. The van der Waals surface area contributed by atoms with Crippen LogP contribution in [0.4, 0.5) is 0 Å². The summed E-state index contributed by atoms with van der Waals surface area (Å²) in [5, 5.41) is 1.92. The van der Waals surface area contributed by atoms with Gasteiger partial charge in [-0.1, -0.05) is 0 Å². The van der Waals surface area contributed by atoms with Crippen LogP contribution in [-0.4, -0.2) is 8.42 Å². The summed E-state index contributed by atoms with van der Waals surface area (Å²) in [5.41, 5.74) is 5.53. The first-order chi connectivity index (χ1) is 8.92. The second kappa shape index (κ2) is 6.02.